The number of aryl methyl sites for hydroxylation is 1. The molecule has 0 bridgehead atoms. The van der Waals surface area contributed by atoms with Crippen LogP contribution in [0.3, 0.4) is 0 Å². The van der Waals surface area contributed by atoms with Crippen molar-refractivity contribution in [3.8, 4) is 11.5 Å². The Balaban J connectivity index is 2.51. The third-order valence-electron chi connectivity index (χ3n) is 3.91. The highest BCUT2D eigenvalue weighted by Gasteiger charge is 2.30. The van der Waals surface area contributed by atoms with Crippen molar-refractivity contribution in [1.82, 2.24) is 0 Å². The van der Waals surface area contributed by atoms with Gasteiger partial charge in [0.05, 0.1) is 0 Å². The molecule has 21 heavy (non-hydrogen) atoms. The third kappa shape index (κ3) is 5.27. The van der Waals surface area contributed by atoms with E-state index in [-0.39, 0.29) is 17.4 Å². The van der Waals surface area contributed by atoms with Crippen LogP contribution in [0.25, 0.3) is 0 Å². The van der Waals surface area contributed by atoms with Crippen molar-refractivity contribution in [3.05, 3.63) is 23.8 Å². The number of hydrogen-bond donors (Lipinski definition) is 4. The minimum Gasteiger partial charge on any atom is -0.508 e. The minimum absolute atomic E-state index is 0.0445. The second-order valence-corrected chi connectivity index (χ2v) is 5.91. The van der Waals surface area contributed by atoms with Gasteiger partial charge in [-0.2, -0.15) is 0 Å². The summed E-state index contributed by atoms with van der Waals surface area (Å²) < 4.78 is 0. The Kier molecular flexibility index (Phi) is 6.03. The van der Waals surface area contributed by atoms with Gasteiger partial charge >= 0.3 is 5.97 Å². The maximum absolute atomic E-state index is 11.1. The summed E-state index contributed by atoms with van der Waals surface area (Å²) in [6, 6.07) is 4.58. The maximum atomic E-state index is 11.1. The number of hydrogen-bond acceptors (Lipinski definition) is 4. The maximum Gasteiger partial charge on any atom is 0.323 e. The third-order valence-corrected chi connectivity index (χ3v) is 3.91. The largest absolute Gasteiger partial charge is 0.508 e. The van der Waals surface area contributed by atoms with Crippen LogP contribution in [-0.2, 0) is 11.2 Å². The summed E-state index contributed by atoms with van der Waals surface area (Å²) in [7, 11) is 0. The zero-order valence-electron chi connectivity index (χ0n) is 12.7. The Morgan fingerprint density at radius 1 is 1.38 bits per heavy atom. The molecule has 0 fully saturated rings. The lowest BCUT2D eigenvalue weighted by atomic mass is 9.85. The van der Waals surface area contributed by atoms with Gasteiger partial charge in [0.1, 0.15) is 17.0 Å². The van der Waals surface area contributed by atoms with Crippen LogP contribution in [-0.4, -0.2) is 26.8 Å². The first kappa shape index (κ1) is 17.3. The van der Waals surface area contributed by atoms with Gasteiger partial charge in [-0.05, 0) is 43.7 Å². The number of phenolic OH excluding ortho intramolecular Hbond substituents is 2. The topological polar surface area (TPSA) is 104 Å². The van der Waals surface area contributed by atoms with E-state index in [0.29, 0.717) is 12.8 Å². The number of carboxylic acid groups (broad SMARTS) is 1. The molecule has 2 atom stereocenters. The Morgan fingerprint density at radius 3 is 2.57 bits per heavy atom. The Bertz CT molecular complexity index is 485. The van der Waals surface area contributed by atoms with Crippen LogP contribution in [0.2, 0.25) is 0 Å². The summed E-state index contributed by atoms with van der Waals surface area (Å²) in [5.41, 5.74) is 5.39. The first-order valence-electron chi connectivity index (χ1n) is 7.29. The van der Waals surface area contributed by atoms with E-state index in [1.54, 1.807) is 19.1 Å². The monoisotopic (exact) mass is 295 g/mol. The molecule has 1 aromatic rings. The quantitative estimate of drug-likeness (QED) is 0.590. The van der Waals surface area contributed by atoms with Crippen molar-refractivity contribution >= 4 is 5.97 Å². The van der Waals surface area contributed by atoms with E-state index in [2.05, 4.69) is 0 Å². The van der Waals surface area contributed by atoms with Crippen molar-refractivity contribution in [2.24, 2.45) is 11.7 Å². The fourth-order valence-electron chi connectivity index (χ4n) is 2.48. The van der Waals surface area contributed by atoms with Crippen molar-refractivity contribution in [2.45, 2.75) is 51.5 Å². The van der Waals surface area contributed by atoms with Crippen LogP contribution in [0.5, 0.6) is 11.5 Å². The number of carbonyl (C=O) groups is 1. The normalized spacial score (nSPS) is 15.4. The van der Waals surface area contributed by atoms with Crippen LogP contribution in [0.1, 0.15) is 45.1 Å². The molecule has 0 aliphatic rings. The second-order valence-electron chi connectivity index (χ2n) is 5.91. The molecule has 0 spiro atoms. The fraction of sp³-hybridized carbons (Fsp3) is 0.562. The number of carboxylic acids is 1. The van der Waals surface area contributed by atoms with E-state index >= 15 is 0 Å². The van der Waals surface area contributed by atoms with Gasteiger partial charge in [-0.1, -0.05) is 25.8 Å². The smallest absolute Gasteiger partial charge is 0.323 e. The second kappa shape index (κ2) is 7.31. The molecular weight excluding hydrogens is 270 g/mol. The lowest BCUT2D eigenvalue weighted by Crippen LogP contribution is -2.46. The van der Waals surface area contributed by atoms with Crippen LogP contribution in [0.15, 0.2) is 18.2 Å². The SMILES string of the molecule is CCC(CCCc1ccc(O)cc1O)CC(C)(N)C(=O)O. The van der Waals surface area contributed by atoms with Crippen molar-refractivity contribution in [1.29, 1.82) is 0 Å². The zero-order chi connectivity index (χ0) is 16.0. The van der Waals surface area contributed by atoms with E-state index < -0.39 is 11.5 Å². The number of phenols is 2. The van der Waals surface area contributed by atoms with Gasteiger partial charge in [0, 0.05) is 6.07 Å². The first-order chi connectivity index (χ1) is 9.76. The molecule has 0 aliphatic heterocycles. The highest BCUT2D eigenvalue weighted by Crippen LogP contribution is 2.27. The Hall–Kier alpha value is -1.75. The van der Waals surface area contributed by atoms with Gasteiger partial charge in [-0.3, -0.25) is 4.79 Å². The van der Waals surface area contributed by atoms with Crippen LogP contribution in [0.4, 0.5) is 0 Å². The number of aliphatic carboxylic acids is 1. The van der Waals surface area contributed by atoms with Gasteiger partial charge in [-0.25, -0.2) is 0 Å². The highest BCUT2D eigenvalue weighted by atomic mass is 16.4. The predicted molar refractivity (Wildman–Crippen MR) is 81.3 cm³/mol. The van der Waals surface area contributed by atoms with E-state index in [9.17, 15) is 15.0 Å². The summed E-state index contributed by atoms with van der Waals surface area (Å²) in [5, 5.41) is 28.0. The summed E-state index contributed by atoms with van der Waals surface area (Å²) in [6.45, 7) is 3.57. The van der Waals surface area contributed by atoms with Crippen molar-refractivity contribution in [3.63, 3.8) is 0 Å². The number of benzene rings is 1. The van der Waals surface area contributed by atoms with Gasteiger partial charge < -0.3 is 21.1 Å². The zero-order valence-corrected chi connectivity index (χ0v) is 12.7. The standard InChI is InChI=1S/C16H25NO4/c1-3-11(10-16(2,17)15(20)21)5-4-6-12-7-8-13(18)9-14(12)19/h7-9,11,18-19H,3-6,10,17H2,1-2H3,(H,20,21). The molecule has 0 radical (unpaired) electrons. The van der Waals surface area contributed by atoms with E-state index in [1.807, 2.05) is 6.92 Å². The molecule has 118 valence electrons. The molecule has 5 nitrogen and oxygen atoms in total. The molecule has 0 saturated heterocycles. The molecule has 0 saturated carbocycles. The van der Waals surface area contributed by atoms with E-state index in [4.69, 9.17) is 10.8 Å². The molecule has 0 heterocycles. The summed E-state index contributed by atoms with van der Waals surface area (Å²) in [5.74, 6) is -0.590. The molecule has 1 rings (SSSR count). The number of rotatable bonds is 8. The van der Waals surface area contributed by atoms with Crippen LogP contribution in [0, 0.1) is 5.92 Å². The lowest BCUT2D eigenvalue weighted by molar-refractivity contribution is -0.143. The Morgan fingerprint density at radius 2 is 2.05 bits per heavy atom. The molecular formula is C16H25NO4. The number of aromatic hydroxyl groups is 2. The molecule has 2 unspecified atom stereocenters. The molecule has 5 heteroatoms. The van der Waals surface area contributed by atoms with Gasteiger partial charge in [0.25, 0.3) is 0 Å². The molecule has 0 aliphatic carbocycles. The first-order valence-corrected chi connectivity index (χ1v) is 7.29. The van der Waals surface area contributed by atoms with Crippen molar-refractivity contribution in [2.75, 3.05) is 0 Å². The minimum atomic E-state index is -1.19. The fourth-order valence-corrected chi connectivity index (χ4v) is 2.48. The van der Waals surface area contributed by atoms with Gasteiger partial charge in [0.15, 0.2) is 0 Å². The number of nitrogens with two attached hydrogens (primary N) is 1. The summed E-state index contributed by atoms with van der Waals surface area (Å²) >= 11 is 0. The van der Waals surface area contributed by atoms with Gasteiger partial charge in [-0.15, -0.1) is 0 Å². The lowest BCUT2D eigenvalue weighted by Gasteiger charge is -2.25. The summed E-state index contributed by atoms with van der Waals surface area (Å²) in [6.07, 6.45) is 3.71. The Labute approximate surface area is 125 Å². The highest BCUT2D eigenvalue weighted by molar-refractivity contribution is 5.77. The summed E-state index contributed by atoms with van der Waals surface area (Å²) in [4.78, 5) is 11.1. The molecule has 1 aromatic carbocycles. The molecule has 0 aromatic heterocycles. The van der Waals surface area contributed by atoms with E-state index in [1.165, 1.54) is 6.07 Å². The average Bonchev–Trinajstić information content (AvgIpc) is 2.39. The van der Waals surface area contributed by atoms with Crippen LogP contribution < -0.4 is 5.73 Å². The molecule has 0 amide bonds. The van der Waals surface area contributed by atoms with Crippen LogP contribution >= 0.6 is 0 Å². The van der Waals surface area contributed by atoms with Gasteiger partial charge in [0.2, 0.25) is 0 Å². The predicted octanol–water partition coefficient (Wildman–Crippen LogP) is 2.64. The van der Waals surface area contributed by atoms with Crippen molar-refractivity contribution < 1.29 is 20.1 Å². The molecule has 5 N–H and O–H groups in total. The van der Waals surface area contributed by atoms with E-state index in [0.717, 1.165) is 24.8 Å². The average molecular weight is 295 g/mol.